The molecule has 0 saturated carbocycles. The summed E-state index contributed by atoms with van der Waals surface area (Å²) in [5, 5.41) is 4.85. The van der Waals surface area contributed by atoms with Crippen LogP contribution in [0.25, 0.3) is 11.5 Å². The molecule has 2 aromatic heterocycles. The quantitative estimate of drug-likeness (QED) is 0.528. The molecule has 0 bridgehead atoms. The molecule has 0 aliphatic carbocycles. The minimum Gasteiger partial charge on any atom is -0.328 e. The minimum atomic E-state index is -0.412. The van der Waals surface area contributed by atoms with Gasteiger partial charge in [0.05, 0.1) is 24.5 Å². The van der Waals surface area contributed by atoms with Crippen LogP contribution in [0.1, 0.15) is 27.2 Å². The molecular weight excluding hydrogens is 367 g/mol. The molecule has 29 heavy (non-hydrogen) atoms. The number of rotatable bonds is 3. The van der Waals surface area contributed by atoms with Crippen molar-refractivity contribution in [3.63, 3.8) is 0 Å². The molecule has 0 saturated heterocycles. The van der Waals surface area contributed by atoms with Crippen molar-refractivity contribution in [1.29, 1.82) is 0 Å². The predicted molar refractivity (Wildman–Crippen MR) is 108 cm³/mol. The first-order valence-electron chi connectivity index (χ1n) is 9.47. The molecule has 6 heteroatoms. The third kappa shape index (κ3) is 2.93. The number of aryl methyl sites for hydroxylation is 1. The molecule has 1 aliphatic heterocycles. The Labute approximate surface area is 167 Å². The molecule has 0 unspecified atom stereocenters. The minimum absolute atomic E-state index is 0.191. The Morgan fingerprint density at radius 2 is 1.79 bits per heavy atom. The number of nitrogens with zero attached hydrogens (tertiary/aromatic N) is 4. The van der Waals surface area contributed by atoms with Gasteiger partial charge >= 0.3 is 0 Å². The number of carbonyl (C=O) groups is 1. The van der Waals surface area contributed by atoms with Gasteiger partial charge in [-0.25, -0.2) is 9.07 Å². The van der Waals surface area contributed by atoms with Crippen molar-refractivity contribution >= 4 is 5.91 Å². The van der Waals surface area contributed by atoms with Gasteiger partial charge in [0.25, 0.3) is 5.91 Å². The van der Waals surface area contributed by atoms with Crippen LogP contribution in [0, 0.1) is 12.7 Å². The highest BCUT2D eigenvalue weighted by Gasteiger charge is 2.32. The Balaban J connectivity index is 1.56. The maximum atomic E-state index is 13.6. The van der Waals surface area contributed by atoms with Crippen molar-refractivity contribution in [1.82, 2.24) is 19.2 Å². The zero-order chi connectivity index (χ0) is 20.0. The summed E-state index contributed by atoms with van der Waals surface area (Å²) >= 11 is 0. The van der Waals surface area contributed by atoms with Crippen LogP contribution in [0.4, 0.5) is 4.39 Å². The molecule has 2 aromatic carbocycles. The number of carbonyl (C=O) groups excluding carboxylic acids is 1. The van der Waals surface area contributed by atoms with E-state index in [0.29, 0.717) is 18.7 Å². The van der Waals surface area contributed by atoms with Gasteiger partial charge in [-0.3, -0.25) is 4.79 Å². The van der Waals surface area contributed by atoms with Gasteiger partial charge in [-0.1, -0.05) is 24.3 Å². The van der Waals surface area contributed by atoms with Crippen LogP contribution in [0.3, 0.4) is 0 Å². The molecule has 3 heterocycles. The summed E-state index contributed by atoms with van der Waals surface area (Å²) < 4.78 is 17.5. The van der Waals surface area contributed by atoms with E-state index in [1.807, 2.05) is 52.0 Å². The van der Waals surface area contributed by atoms with Gasteiger partial charge in [0, 0.05) is 23.5 Å². The van der Waals surface area contributed by atoms with E-state index in [1.54, 1.807) is 17.0 Å². The molecule has 5 nitrogen and oxygen atoms in total. The lowest BCUT2D eigenvalue weighted by molar-refractivity contribution is 0.0748. The summed E-state index contributed by atoms with van der Waals surface area (Å²) in [6, 6.07) is 17.8. The van der Waals surface area contributed by atoms with Gasteiger partial charge in [0.15, 0.2) is 0 Å². The standard InChI is InChI=1S/C23H19FN4O/c1-16-7-2-3-10-21(16)28-22(26-11-4-5-12-26)19-14-27(15-20(19)25-28)23(29)17-8-6-9-18(24)13-17/h2-13H,14-15H2,1H3. The van der Waals surface area contributed by atoms with Crippen LogP contribution in [-0.2, 0) is 13.1 Å². The summed E-state index contributed by atoms with van der Waals surface area (Å²) in [5.74, 6) is 0.322. The number of aromatic nitrogens is 3. The van der Waals surface area contributed by atoms with Crippen LogP contribution in [0.5, 0.6) is 0 Å². The fourth-order valence-electron chi connectivity index (χ4n) is 3.86. The monoisotopic (exact) mass is 386 g/mol. The number of para-hydroxylation sites is 1. The highest BCUT2D eigenvalue weighted by molar-refractivity contribution is 5.94. The smallest absolute Gasteiger partial charge is 0.254 e. The maximum absolute atomic E-state index is 13.6. The van der Waals surface area contributed by atoms with Gasteiger partial charge in [-0.05, 0) is 48.9 Å². The first-order valence-corrected chi connectivity index (χ1v) is 9.47. The third-order valence-corrected chi connectivity index (χ3v) is 5.28. The van der Waals surface area contributed by atoms with Gasteiger partial charge in [-0.15, -0.1) is 0 Å². The summed E-state index contributed by atoms with van der Waals surface area (Å²) in [4.78, 5) is 14.6. The van der Waals surface area contributed by atoms with Crippen molar-refractivity contribution in [3.05, 3.63) is 101 Å². The molecule has 0 fully saturated rings. The molecule has 1 amide bonds. The highest BCUT2D eigenvalue weighted by atomic mass is 19.1. The Hall–Kier alpha value is -3.67. The lowest BCUT2D eigenvalue weighted by Crippen LogP contribution is -2.26. The van der Waals surface area contributed by atoms with E-state index in [1.165, 1.54) is 12.1 Å². The van der Waals surface area contributed by atoms with Crippen LogP contribution in [0.2, 0.25) is 0 Å². The Kier molecular flexibility index (Phi) is 4.05. The lowest BCUT2D eigenvalue weighted by Gasteiger charge is -2.18. The molecule has 0 radical (unpaired) electrons. The van der Waals surface area contributed by atoms with E-state index in [0.717, 1.165) is 28.3 Å². The average Bonchev–Trinajstić information content (AvgIpc) is 3.43. The zero-order valence-electron chi connectivity index (χ0n) is 15.9. The summed E-state index contributed by atoms with van der Waals surface area (Å²) in [5.41, 5.74) is 4.35. The number of halogens is 1. The second-order valence-electron chi connectivity index (χ2n) is 7.21. The molecule has 1 aliphatic rings. The largest absolute Gasteiger partial charge is 0.328 e. The van der Waals surface area contributed by atoms with Crippen LogP contribution in [-0.4, -0.2) is 25.2 Å². The normalized spacial score (nSPS) is 13.0. The Morgan fingerprint density at radius 3 is 2.55 bits per heavy atom. The summed E-state index contributed by atoms with van der Waals surface area (Å²) in [7, 11) is 0. The summed E-state index contributed by atoms with van der Waals surface area (Å²) in [6.45, 7) is 2.89. The molecular formula is C23H19FN4O. The first kappa shape index (κ1) is 17.4. The van der Waals surface area contributed by atoms with Gasteiger partial charge < -0.3 is 9.47 Å². The van der Waals surface area contributed by atoms with Crippen molar-refractivity contribution in [2.24, 2.45) is 0 Å². The molecule has 0 N–H and O–H groups in total. The molecule has 4 aromatic rings. The molecule has 144 valence electrons. The fraction of sp³-hybridized carbons (Fsp3) is 0.130. The highest BCUT2D eigenvalue weighted by Crippen LogP contribution is 2.32. The number of benzene rings is 2. The fourth-order valence-corrected chi connectivity index (χ4v) is 3.86. The second-order valence-corrected chi connectivity index (χ2v) is 7.21. The number of fused-ring (bicyclic) bond motifs is 1. The van der Waals surface area contributed by atoms with Crippen molar-refractivity contribution < 1.29 is 9.18 Å². The number of hydrogen-bond donors (Lipinski definition) is 0. The SMILES string of the molecule is Cc1ccccc1-n1nc2c(c1-n1cccc1)CN(C(=O)c1cccc(F)c1)C2. The topological polar surface area (TPSA) is 43.1 Å². The van der Waals surface area contributed by atoms with Crippen LogP contribution >= 0.6 is 0 Å². The van der Waals surface area contributed by atoms with Crippen molar-refractivity contribution in [3.8, 4) is 11.5 Å². The van der Waals surface area contributed by atoms with E-state index in [-0.39, 0.29) is 5.91 Å². The van der Waals surface area contributed by atoms with Gasteiger partial charge in [-0.2, -0.15) is 5.10 Å². The molecule has 0 spiro atoms. The maximum Gasteiger partial charge on any atom is 0.254 e. The zero-order valence-corrected chi connectivity index (χ0v) is 15.9. The summed E-state index contributed by atoms with van der Waals surface area (Å²) in [6.07, 6.45) is 3.95. The van der Waals surface area contributed by atoms with Gasteiger partial charge in [0.2, 0.25) is 0 Å². The Bertz CT molecular complexity index is 1210. The Morgan fingerprint density at radius 1 is 1.00 bits per heavy atom. The van der Waals surface area contributed by atoms with E-state index in [4.69, 9.17) is 5.10 Å². The van der Waals surface area contributed by atoms with E-state index in [9.17, 15) is 9.18 Å². The number of hydrogen-bond acceptors (Lipinski definition) is 2. The first-order chi connectivity index (χ1) is 14.1. The predicted octanol–water partition coefficient (Wildman–Crippen LogP) is 4.27. The van der Waals surface area contributed by atoms with E-state index in [2.05, 4.69) is 13.0 Å². The molecule has 5 rings (SSSR count). The van der Waals surface area contributed by atoms with E-state index < -0.39 is 5.82 Å². The van der Waals surface area contributed by atoms with Crippen molar-refractivity contribution in [2.75, 3.05) is 0 Å². The van der Waals surface area contributed by atoms with Crippen LogP contribution in [0.15, 0.2) is 73.1 Å². The van der Waals surface area contributed by atoms with E-state index >= 15 is 0 Å². The van der Waals surface area contributed by atoms with Crippen molar-refractivity contribution in [2.45, 2.75) is 20.0 Å². The third-order valence-electron chi connectivity index (χ3n) is 5.28. The number of amides is 1. The van der Waals surface area contributed by atoms with Crippen LogP contribution < -0.4 is 0 Å². The van der Waals surface area contributed by atoms with Gasteiger partial charge in [0.1, 0.15) is 11.6 Å². The lowest BCUT2D eigenvalue weighted by atomic mass is 10.2. The second kappa shape index (κ2) is 6.74. The molecule has 0 atom stereocenters. The average molecular weight is 386 g/mol.